The lowest BCUT2D eigenvalue weighted by Gasteiger charge is -2.18. The van der Waals surface area contributed by atoms with E-state index in [1.165, 1.54) is 6.07 Å². The lowest BCUT2D eigenvalue weighted by molar-refractivity contribution is 0.221. The number of halogens is 1. The number of nitrogens with one attached hydrogen (secondary N) is 1. The van der Waals surface area contributed by atoms with Crippen LogP contribution in [0.5, 0.6) is 5.75 Å². The van der Waals surface area contributed by atoms with Crippen LogP contribution in [-0.2, 0) is 0 Å². The first-order chi connectivity index (χ1) is 10.5. The van der Waals surface area contributed by atoms with Crippen LogP contribution in [0.2, 0.25) is 0 Å². The molecule has 1 aliphatic heterocycles. The topological polar surface area (TPSA) is 41.6 Å². The molecule has 1 aromatic carbocycles. The number of amides is 2. The molecule has 1 atom stereocenters. The number of ether oxygens (including phenoxy) is 1. The second-order valence-corrected chi connectivity index (χ2v) is 6.71. The SMILES string of the molecule is CSC[C@H]1CCN(C(=O)Nc2ccc(OC(C)C)cc2F)C1. The summed E-state index contributed by atoms with van der Waals surface area (Å²) in [5.74, 6) is 1.57. The van der Waals surface area contributed by atoms with E-state index in [-0.39, 0.29) is 17.8 Å². The quantitative estimate of drug-likeness (QED) is 0.894. The molecule has 4 nitrogen and oxygen atoms in total. The van der Waals surface area contributed by atoms with E-state index in [1.54, 1.807) is 28.8 Å². The Bertz CT molecular complexity index is 525. The monoisotopic (exact) mass is 326 g/mol. The van der Waals surface area contributed by atoms with Gasteiger partial charge in [0.25, 0.3) is 0 Å². The highest BCUT2D eigenvalue weighted by Crippen LogP contribution is 2.24. The highest BCUT2D eigenvalue weighted by molar-refractivity contribution is 7.98. The summed E-state index contributed by atoms with van der Waals surface area (Å²) in [5.41, 5.74) is 0.189. The Balaban J connectivity index is 1.94. The van der Waals surface area contributed by atoms with Gasteiger partial charge in [-0.1, -0.05) is 0 Å². The maximum Gasteiger partial charge on any atom is 0.321 e. The van der Waals surface area contributed by atoms with E-state index >= 15 is 0 Å². The van der Waals surface area contributed by atoms with Crippen LogP contribution in [0.4, 0.5) is 14.9 Å². The maximum absolute atomic E-state index is 14.0. The summed E-state index contributed by atoms with van der Waals surface area (Å²) in [4.78, 5) is 13.9. The predicted octanol–water partition coefficient (Wildman–Crippen LogP) is 3.83. The molecule has 1 aliphatic rings. The molecule has 1 aromatic rings. The van der Waals surface area contributed by atoms with Crippen LogP contribution in [0, 0.1) is 11.7 Å². The summed E-state index contributed by atoms with van der Waals surface area (Å²) in [6, 6.07) is 4.27. The average molecular weight is 326 g/mol. The van der Waals surface area contributed by atoms with Gasteiger partial charge in [-0.25, -0.2) is 9.18 Å². The molecule has 1 saturated heterocycles. The molecule has 122 valence electrons. The third-order valence-corrected chi connectivity index (χ3v) is 4.33. The Hall–Kier alpha value is -1.43. The molecule has 1 N–H and O–H groups in total. The van der Waals surface area contributed by atoms with Gasteiger partial charge >= 0.3 is 6.03 Å². The maximum atomic E-state index is 14.0. The summed E-state index contributed by atoms with van der Waals surface area (Å²) in [6.07, 6.45) is 3.06. The van der Waals surface area contributed by atoms with E-state index in [1.807, 2.05) is 13.8 Å². The summed E-state index contributed by atoms with van der Waals surface area (Å²) in [6.45, 7) is 5.23. The zero-order valence-electron chi connectivity index (χ0n) is 13.3. The van der Waals surface area contributed by atoms with Gasteiger partial charge in [-0.3, -0.25) is 0 Å². The van der Waals surface area contributed by atoms with Gasteiger partial charge in [0, 0.05) is 19.2 Å². The van der Waals surface area contributed by atoms with Crippen LogP contribution in [-0.4, -0.2) is 42.1 Å². The van der Waals surface area contributed by atoms with Gasteiger partial charge in [0.1, 0.15) is 11.6 Å². The number of likely N-dealkylation sites (tertiary alicyclic amines) is 1. The zero-order valence-corrected chi connectivity index (χ0v) is 14.1. The fourth-order valence-corrected chi connectivity index (χ4v) is 3.27. The van der Waals surface area contributed by atoms with Crippen molar-refractivity contribution in [2.24, 2.45) is 5.92 Å². The Kier molecular flexibility index (Phi) is 5.94. The molecule has 0 spiro atoms. The number of thioether (sulfide) groups is 1. The molecule has 6 heteroatoms. The molecule has 1 fully saturated rings. The lowest BCUT2D eigenvalue weighted by atomic mass is 10.2. The molecule has 2 amide bonds. The molecular formula is C16H23FN2O2S. The van der Waals surface area contributed by atoms with Crippen LogP contribution in [0.3, 0.4) is 0 Å². The number of anilines is 1. The van der Waals surface area contributed by atoms with Gasteiger partial charge in [-0.05, 0) is 50.3 Å². The van der Waals surface area contributed by atoms with Crippen molar-refractivity contribution >= 4 is 23.5 Å². The van der Waals surface area contributed by atoms with Gasteiger partial charge in [-0.2, -0.15) is 11.8 Å². The van der Waals surface area contributed by atoms with Gasteiger partial charge in [-0.15, -0.1) is 0 Å². The number of benzene rings is 1. The number of rotatable bonds is 5. The number of hydrogen-bond donors (Lipinski definition) is 1. The van der Waals surface area contributed by atoms with E-state index in [0.29, 0.717) is 11.7 Å². The van der Waals surface area contributed by atoms with Crippen molar-refractivity contribution in [2.45, 2.75) is 26.4 Å². The second kappa shape index (κ2) is 7.72. The Morgan fingerprint density at radius 2 is 2.32 bits per heavy atom. The first-order valence-electron chi connectivity index (χ1n) is 7.50. The van der Waals surface area contributed by atoms with E-state index in [4.69, 9.17) is 4.74 Å². The molecule has 22 heavy (non-hydrogen) atoms. The van der Waals surface area contributed by atoms with Crippen LogP contribution in [0.25, 0.3) is 0 Å². The summed E-state index contributed by atoms with van der Waals surface area (Å²) in [5, 5.41) is 2.64. The van der Waals surface area contributed by atoms with Gasteiger partial charge < -0.3 is 15.0 Å². The van der Waals surface area contributed by atoms with Crippen molar-refractivity contribution in [2.75, 3.05) is 30.4 Å². The molecule has 0 aromatic heterocycles. The second-order valence-electron chi connectivity index (χ2n) is 5.79. The number of nitrogens with zero attached hydrogens (tertiary/aromatic N) is 1. The third kappa shape index (κ3) is 4.53. The fourth-order valence-electron chi connectivity index (χ4n) is 2.53. The van der Waals surface area contributed by atoms with Gasteiger partial charge in [0.15, 0.2) is 0 Å². The summed E-state index contributed by atoms with van der Waals surface area (Å²) >= 11 is 1.79. The van der Waals surface area contributed by atoms with Crippen molar-refractivity contribution < 1.29 is 13.9 Å². The molecule has 0 saturated carbocycles. The lowest BCUT2D eigenvalue weighted by Crippen LogP contribution is -2.33. The molecule has 0 unspecified atom stereocenters. The average Bonchev–Trinajstić information content (AvgIpc) is 2.90. The van der Waals surface area contributed by atoms with Crippen molar-refractivity contribution in [3.8, 4) is 5.75 Å². The fraction of sp³-hybridized carbons (Fsp3) is 0.562. The van der Waals surface area contributed by atoms with Crippen LogP contribution < -0.4 is 10.1 Å². The highest BCUT2D eigenvalue weighted by Gasteiger charge is 2.26. The van der Waals surface area contributed by atoms with Crippen LogP contribution >= 0.6 is 11.8 Å². The Morgan fingerprint density at radius 3 is 2.95 bits per heavy atom. The van der Waals surface area contributed by atoms with E-state index in [0.717, 1.165) is 25.3 Å². The smallest absolute Gasteiger partial charge is 0.321 e. The highest BCUT2D eigenvalue weighted by atomic mass is 32.2. The van der Waals surface area contributed by atoms with Crippen molar-refractivity contribution in [1.82, 2.24) is 4.90 Å². The minimum absolute atomic E-state index is 0.0159. The minimum Gasteiger partial charge on any atom is -0.491 e. The molecule has 0 radical (unpaired) electrons. The van der Waals surface area contributed by atoms with E-state index in [9.17, 15) is 9.18 Å². The van der Waals surface area contributed by atoms with Crippen LogP contribution in [0.1, 0.15) is 20.3 Å². The molecule has 2 rings (SSSR count). The number of carbonyl (C=O) groups excluding carboxylic acids is 1. The zero-order chi connectivity index (χ0) is 16.1. The normalized spacial score (nSPS) is 17.9. The van der Waals surface area contributed by atoms with Crippen LogP contribution in [0.15, 0.2) is 18.2 Å². The largest absolute Gasteiger partial charge is 0.491 e. The number of urea groups is 1. The Labute approximate surface area is 135 Å². The first-order valence-corrected chi connectivity index (χ1v) is 8.90. The Morgan fingerprint density at radius 1 is 1.55 bits per heavy atom. The van der Waals surface area contributed by atoms with E-state index in [2.05, 4.69) is 11.6 Å². The third-order valence-electron chi connectivity index (χ3n) is 3.53. The van der Waals surface area contributed by atoms with Gasteiger partial charge in [0.2, 0.25) is 0 Å². The number of carbonyl (C=O) groups is 1. The molecular weight excluding hydrogens is 303 g/mol. The summed E-state index contributed by atoms with van der Waals surface area (Å²) in [7, 11) is 0. The number of hydrogen-bond acceptors (Lipinski definition) is 3. The molecule has 0 bridgehead atoms. The predicted molar refractivity (Wildman–Crippen MR) is 89.2 cm³/mol. The van der Waals surface area contributed by atoms with E-state index < -0.39 is 5.82 Å². The van der Waals surface area contributed by atoms with Crippen molar-refractivity contribution in [3.05, 3.63) is 24.0 Å². The minimum atomic E-state index is -0.480. The molecule has 1 heterocycles. The van der Waals surface area contributed by atoms with Gasteiger partial charge in [0.05, 0.1) is 11.8 Å². The van der Waals surface area contributed by atoms with Crippen molar-refractivity contribution in [3.63, 3.8) is 0 Å². The standard InChI is InChI=1S/C16H23FN2O2S/c1-11(2)21-13-4-5-15(14(17)8-13)18-16(20)19-7-6-12(9-19)10-22-3/h4-5,8,11-12H,6-7,9-10H2,1-3H3,(H,18,20)/t12-/m0/s1. The van der Waals surface area contributed by atoms with Crippen molar-refractivity contribution in [1.29, 1.82) is 0 Å². The first kappa shape index (κ1) is 16.9. The molecule has 0 aliphatic carbocycles. The summed E-state index contributed by atoms with van der Waals surface area (Å²) < 4.78 is 19.5.